The summed E-state index contributed by atoms with van der Waals surface area (Å²) < 4.78 is 10.6. The van der Waals surface area contributed by atoms with Crippen molar-refractivity contribution in [2.45, 2.75) is 25.3 Å². The third kappa shape index (κ3) is 3.19. The number of methoxy groups -OCH3 is 2. The summed E-state index contributed by atoms with van der Waals surface area (Å²) in [6.07, 6.45) is 2.56. The SMILES string of the molecule is COc1ccc(C(C)(N)CN2CCCC2)cc1OC. The third-order valence-electron chi connectivity index (χ3n) is 3.79. The molecule has 0 aliphatic carbocycles. The van der Waals surface area contributed by atoms with E-state index >= 15 is 0 Å². The summed E-state index contributed by atoms with van der Waals surface area (Å²) in [6.45, 7) is 5.26. The second-order valence-electron chi connectivity index (χ2n) is 5.47. The summed E-state index contributed by atoms with van der Waals surface area (Å²) in [6, 6.07) is 5.93. The van der Waals surface area contributed by atoms with E-state index < -0.39 is 0 Å². The number of hydrogen-bond donors (Lipinski definition) is 1. The van der Waals surface area contributed by atoms with Gasteiger partial charge in [0, 0.05) is 6.54 Å². The summed E-state index contributed by atoms with van der Waals surface area (Å²) in [5, 5.41) is 0. The van der Waals surface area contributed by atoms with E-state index in [0.717, 1.165) is 36.7 Å². The molecule has 0 radical (unpaired) electrons. The van der Waals surface area contributed by atoms with Crippen molar-refractivity contribution in [3.63, 3.8) is 0 Å². The molecule has 0 saturated carbocycles. The van der Waals surface area contributed by atoms with Crippen molar-refractivity contribution in [3.05, 3.63) is 23.8 Å². The Morgan fingerprint density at radius 3 is 2.37 bits per heavy atom. The van der Waals surface area contributed by atoms with Crippen molar-refractivity contribution < 1.29 is 9.47 Å². The number of ether oxygens (including phenoxy) is 2. The smallest absolute Gasteiger partial charge is 0.161 e. The van der Waals surface area contributed by atoms with Crippen LogP contribution in [0.1, 0.15) is 25.3 Å². The largest absolute Gasteiger partial charge is 0.493 e. The lowest BCUT2D eigenvalue weighted by Gasteiger charge is -2.31. The second-order valence-corrected chi connectivity index (χ2v) is 5.47. The molecule has 1 heterocycles. The van der Waals surface area contributed by atoms with E-state index in [0.29, 0.717) is 0 Å². The first-order valence-corrected chi connectivity index (χ1v) is 6.80. The Labute approximate surface area is 115 Å². The van der Waals surface area contributed by atoms with E-state index in [4.69, 9.17) is 15.2 Å². The van der Waals surface area contributed by atoms with Crippen molar-refractivity contribution in [2.75, 3.05) is 33.9 Å². The lowest BCUT2D eigenvalue weighted by molar-refractivity contribution is 0.260. The van der Waals surface area contributed by atoms with Crippen molar-refractivity contribution in [1.29, 1.82) is 0 Å². The van der Waals surface area contributed by atoms with Gasteiger partial charge in [0.25, 0.3) is 0 Å². The maximum atomic E-state index is 6.49. The highest BCUT2D eigenvalue weighted by atomic mass is 16.5. The molecule has 4 nitrogen and oxygen atoms in total. The van der Waals surface area contributed by atoms with Crippen LogP contribution in [0.2, 0.25) is 0 Å². The van der Waals surface area contributed by atoms with E-state index in [9.17, 15) is 0 Å². The molecule has 2 N–H and O–H groups in total. The Bertz CT molecular complexity index is 426. The molecule has 0 spiro atoms. The first kappa shape index (κ1) is 14.2. The molecule has 2 rings (SSSR count). The first-order chi connectivity index (χ1) is 9.06. The van der Waals surface area contributed by atoms with Crippen molar-refractivity contribution >= 4 is 0 Å². The number of benzene rings is 1. The Balaban J connectivity index is 2.18. The molecule has 1 aliphatic heterocycles. The topological polar surface area (TPSA) is 47.7 Å². The van der Waals surface area contributed by atoms with E-state index in [2.05, 4.69) is 11.8 Å². The van der Waals surface area contributed by atoms with Crippen LogP contribution < -0.4 is 15.2 Å². The van der Waals surface area contributed by atoms with Gasteiger partial charge in [-0.05, 0) is 50.6 Å². The summed E-state index contributed by atoms with van der Waals surface area (Å²) in [5.41, 5.74) is 7.20. The molecule has 4 heteroatoms. The molecule has 1 saturated heterocycles. The molecule has 0 aromatic heterocycles. The van der Waals surface area contributed by atoms with E-state index in [1.54, 1.807) is 14.2 Å². The van der Waals surface area contributed by atoms with Crippen LogP contribution in [0.5, 0.6) is 11.5 Å². The van der Waals surface area contributed by atoms with Gasteiger partial charge in [-0.15, -0.1) is 0 Å². The summed E-state index contributed by atoms with van der Waals surface area (Å²) in [7, 11) is 3.29. The second kappa shape index (κ2) is 5.80. The van der Waals surface area contributed by atoms with Gasteiger partial charge in [-0.3, -0.25) is 0 Å². The van der Waals surface area contributed by atoms with Crippen LogP contribution in [0, 0.1) is 0 Å². The maximum absolute atomic E-state index is 6.49. The predicted octanol–water partition coefficient (Wildman–Crippen LogP) is 1.97. The fraction of sp³-hybridized carbons (Fsp3) is 0.600. The molecule has 0 bridgehead atoms. The Kier molecular flexibility index (Phi) is 4.32. The molecule has 1 unspecified atom stereocenters. The standard InChI is InChI=1S/C15H24N2O2/c1-15(16,11-17-8-4-5-9-17)12-6-7-13(18-2)14(10-12)19-3/h6-7,10H,4-5,8-9,11,16H2,1-3H3. The lowest BCUT2D eigenvalue weighted by atomic mass is 9.92. The average molecular weight is 264 g/mol. The van der Waals surface area contributed by atoms with Crippen LogP contribution in [0.4, 0.5) is 0 Å². The van der Waals surface area contributed by atoms with Crippen LogP contribution in [-0.4, -0.2) is 38.8 Å². The van der Waals surface area contributed by atoms with Crippen LogP contribution in [0.25, 0.3) is 0 Å². The van der Waals surface area contributed by atoms with Crippen LogP contribution in [0.3, 0.4) is 0 Å². The van der Waals surface area contributed by atoms with Gasteiger partial charge in [0.2, 0.25) is 0 Å². The molecule has 19 heavy (non-hydrogen) atoms. The Morgan fingerprint density at radius 1 is 1.16 bits per heavy atom. The minimum absolute atomic E-state index is 0.371. The van der Waals surface area contributed by atoms with Gasteiger partial charge < -0.3 is 20.1 Å². The van der Waals surface area contributed by atoms with Gasteiger partial charge in [0.05, 0.1) is 19.8 Å². The Hall–Kier alpha value is -1.26. The van der Waals surface area contributed by atoms with Gasteiger partial charge in [0.15, 0.2) is 11.5 Å². The quantitative estimate of drug-likeness (QED) is 0.883. The van der Waals surface area contributed by atoms with Crippen LogP contribution in [-0.2, 0) is 5.54 Å². The molecule has 1 fully saturated rings. The monoisotopic (exact) mass is 264 g/mol. The first-order valence-electron chi connectivity index (χ1n) is 6.80. The number of rotatable bonds is 5. The van der Waals surface area contributed by atoms with Crippen molar-refractivity contribution in [3.8, 4) is 11.5 Å². The normalized spacial score (nSPS) is 19.2. The summed E-state index contributed by atoms with van der Waals surface area (Å²) in [5.74, 6) is 1.47. The summed E-state index contributed by atoms with van der Waals surface area (Å²) >= 11 is 0. The predicted molar refractivity (Wildman–Crippen MR) is 76.8 cm³/mol. The average Bonchev–Trinajstić information content (AvgIpc) is 2.89. The fourth-order valence-corrected chi connectivity index (χ4v) is 2.69. The molecular weight excluding hydrogens is 240 g/mol. The number of likely N-dealkylation sites (tertiary alicyclic amines) is 1. The van der Waals surface area contributed by atoms with Crippen molar-refractivity contribution in [1.82, 2.24) is 4.90 Å². The zero-order valence-corrected chi connectivity index (χ0v) is 12.1. The number of nitrogens with two attached hydrogens (primary N) is 1. The molecule has 1 atom stereocenters. The zero-order valence-electron chi connectivity index (χ0n) is 12.1. The molecule has 0 amide bonds. The van der Waals surface area contributed by atoms with Gasteiger partial charge in [0.1, 0.15) is 0 Å². The fourth-order valence-electron chi connectivity index (χ4n) is 2.69. The van der Waals surface area contributed by atoms with Crippen LogP contribution >= 0.6 is 0 Å². The third-order valence-corrected chi connectivity index (χ3v) is 3.79. The maximum Gasteiger partial charge on any atom is 0.161 e. The molecule has 106 valence electrons. The highest BCUT2D eigenvalue weighted by Crippen LogP contribution is 2.32. The van der Waals surface area contributed by atoms with E-state index in [-0.39, 0.29) is 5.54 Å². The highest BCUT2D eigenvalue weighted by molar-refractivity contribution is 5.44. The number of hydrogen-bond acceptors (Lipinski definition) is 4. The van der Waals surface area contributed by atoms with Gasteiger partial charge in [-0.25, -0.2) is 0 Å². The highest BCUT2D eigenvalue weighted by Gasteiger charge is 2.27. The molecule has 1 aliphatic rings. The Morgan fingerprint density at radius 2 is 1.79 bits per heavy atom. The number of nitrogens with zero attached hydrogens (tertiary/aromatic N) is 1. The summed E-state index contributed by atoms with van der Waals surface area (Å²) in [4.78, 5) is 2.43. The van der Waals surface area contributed by atoms with Crippen LogP contribution in [0.15, 0.2) is 18.2 Å². The lowest BCUT2D eigenvalue weighted by Crippen LogP contribution is -2.44. The molecule has 1 aromatic carbocycles. The minimum Gasteiger partial charge on any atom is -0.493 e. The van der Waals surface area contributed by atoms with E-state index in [1.165, 1.54) is 12.8 Å². The van der Waals surface area contributed by atoms with Gasteiger partial charge >= 0.3 is 0 Å². The van der Waals surface area contributed by atoms with E-state index in [1.807, 2.05) is 18.2 Å². The van der Waals surface area contributed by atoms with Gasteiger partial charge in [-0.2, -0.15) is 0 Å². The van der Waals surface area contributed by atoms with Crippen molar-refractivity contribution in [2.24, 2.45) is 5.73 Å². The van der Waals surface area contributed by atoms with Gasteiger partial charge in [-0.1, -0.05) is 6.07 Å². The molecule has 1 aromatic rings. The minimum atomic E-state index is -0.371. The zero-order chi connectivity index (χ0) is 13.9. The molecular formula is C15H24N2O2.